The summed E-state index contributed by atoms with van der Waals surface area (Å²) < 4.78 is 65.1. The highest BCUT2D eigenvalue weighted by molar-refractivity contribution is 7.80. The third kappa shape index (κ3) is 9.48. The van der Waals surface area contributed by atoms with E-state index in [1.54, 1.807) is 6.07 Å². The van der Waals surface area contributed by atoms with Crippen LogP contribution in [0.2, 0.25) is 0 Å². The molecular weight excluding hydrogens is 580 g/mol. The maximum atomic E-state index is 11.9. The molecule has 1 aliphatic heterocycles. The number of benzene rings is 2. The number of primary amides is 1. The number of fused-ring (bicyclic) bond motifs is 2. The maximum Gasteiger partial charge on any atom is 0.394 e. The number of anilines is 2. The summed E-state index contributed by atoms with van der Waals surface area (Å²) in [5.74, 6) is 1.82. The highest BCUT2D eigenvalue weighted by Crippen LogP contribution is 2.31. The lowest BCUT2D eigenvalue weighted by Crippen LogP contribution is -2.19. The van der Waals surface area contributed by atoms with Gasteiger partial charge < -0.3 is 16.4 Å². The van der Waals surface area contributed by atoms with Crippen molar-refractivity contribution in [2.24, 2.45) is 5.73 Å². The van der Waals surface area contributed by atoms with Crippen molar-refractivity contribution in [3.63, 3.8) is 0 Å². The number of hydrogen-bond acceptors (Lipinski definition) is 9. The van der Waals surface area contributed by atoms with Crippen LogP contribution in [-0.4, -0.2) is 62.0 Å². The first kappa shape index (κ1) is 31.4. The monoisotopic (exact) mass is 608 g/mol. The number of aromatic nitrogens is 3. The van der Waals surface area contributed by atoms with Crippen LogP contribution in [0.4, 0.5) is 11.6 Å². The molecule has 5 rings (SSSR count). The van der Waals surface area contributed by atoms with Crippen molar-refractivity contribution in [1.82, 2.24) is 14.5 Å². The van der Waals surface area contributed by atoms with E-state index in [1.165, 1.54) is 5.56 Å². The van der Waals surface area contributed by atoms with Crippen LogP contribution in [0.25, 0.3) is 16.9 Å². The first-order valence-corrected chi connectivity index (χ1v) is 14.6. The minimum atomic E-state index is -4.67. The Labute approximate surface area is 235 Å². The van der Waals surface area contributed by atoms with Crippen molar-refractivity contribution >= 4 is 49.2 Å². The molecule has 2 aromatic carbocycles. The number of carbonyl (C=O) groups is 1. The molecule has 0 radical (unpaired) electrons. The molecule has 0 unspecified atom stereocenters. The molecule has 1 aliphatic rings. The second-order valence-corrected chi connectivity index (χ2v) is 10.5. The summed E-state index contributed by atoms with van der Waals surface area (Å²) in [5.41, 5.74) is 10.2. The van der Waals surface area contributed by atoms with Gasteiger partial charge in [-0.25, -0.2) is 0 Å². The third-order valence-electron chi connectivity index (χ3n) is 5.69. The Balaban J connectivity index is 0.000000400. The fraction of sp³-hybridized carbons (Fsp3) is 0.208. The van der Waals surface area contributed by atoms with Crippen molar-refractivity contribution < 1.29 is 39.8 Å². The molecule has 0 spiro atoms. The van der Waals surface area contributed by atoms with Gasteiger partial charge in [0, 0.05) is 35.3 Å². The van der Waals surface area contributed by atoms with Gasteiger partial charge in [-0.05, 0) is 43.5 Å². The van der Waals surface area contributed by atoms with Crippen LogP contribution in [0.5, 0.6) is 0 Å². The van der Waals surface area contributed by atoms with Crippen LogP contribution >= 0.6 is 0 Å². The van der Waals surface area contributed by atoms with Gasteiger partial charge in [0.25, 0.3) is 0 Å². The minimum absolute atomic E-state index is 0.444. The predicted octanol–water partition coefficient (Wildman–Crippen LogP) is 2.49. The van der Waals surface area contributed by atoms with E-state index in [-0.39, 0.29) is 0 Å². The molecule has 17 heteroatoms. The van der Waals surface area contributed by atoms with E-state index in [0.29, 0.717) is 18.1 Å². The maximum absolute atomic E-state index is 11.9. The minimum Gasteiger partial charge on any atom is -0.370 e. The Hall–Kier alpha value is -4.13. The van der Waals surface area contributed by atoms with Gasteiger partial charge in [-0.1, -0.05) is 36.4 Å². The van der Waals surface area contributed by atoms with Crippen LogP contribution in [0.1, 0.15) is 33.6 Å². The SMILES string of the molecule is Cc1cc2c(C(N)=O)cccc2n1-c1nc2c(c(NCc3ccccc3)n1)CCCN2.O=S(=O)(O)O.O=S(=O)(O)O. The summed E-state index contributed by atoms with van der Waals surface area (Å²) in [6.07, 6.45) is 1.97. The number of aryl methyl sites for hydroxylation is 1. The Kier molecular flexibility index (Phi) is 9.97. The molecule has 4 aromatic rings. The topological polar surface area (TPSA) is 247 Å². The van der Waals surface area contributed by atoms with Crippen LogP contribution in [-0.2, 0) is 33.8 Å². The highest BCUT2D eigenvalue weighted by Gasteiger charge is 2.21. The zero-order valence-corrected chi connectivity index (χ0v) is 23.2. The lowest BCUT2D eigenvalue weighted by Gasteiger charge is -2.22. The number of rotatable bonds is 5. The molecule has 3 heterocycles. The fourth-order valence-corrected chi connectivity index (χ4v) is 4.20. The third-order valence-corrected chi connectivity index (χ3v) is 5.69. The smallest absolute Gasteiger partial charge is 0.370 e. The van der Waals surface area contributed by atoms with Crippen LogP contribution in [0.3, 0.4) is 0 Å². The fourth-order valence-electron chi connectivity index (χ4n) is 4.20. The molecule has 2 aromatic heterocycles. The number of nitrogens with two attached hydrogens (primary N) is 1. The Morgan fingerprint density at radius 3 is 2.24 bits per heavy atom. The molecule has 0 bridgehead atoms. The number of amides is 1. The molecule has 1 amide bonds. The lowest BCUT2D eigenvalue weighted by molar-refractivity contribution is 0.100. The second-order valence-electron chi connectivity index (χ2n) is 8.69. The molecule has 0 saturated heterocycles. The van der Waals surface area contributed by atoms with Crippen molar-refractivity contribution in [3.05, 3.63) is 77.0 Å². The standard InChI is InChI=1S/C24H24N6O.2H2O4S/c1-15-13-19-17(21(25)31)9-5-11-20(19)30(15)24-28-22-18(10-6-12-26-22)23(29-24)27-14-16-7-3-2-4-8-16;2*1-5(2,3)4/h2-5,7-9,11,13H,6,10,12,14H2,1H3,(H2,25,31)(H2,26,27,28,29);2*(H2,1,2,3,4). The summed E-state index contributed by atoms with van der Waals surface area (Å²) in [5, 5.41) is 7.74. The van der Waals surface area contributed by atoms with E-state index in [0.717, 1.165) is 53.2 Å². The summed E-state index contributed by atoms with van der Waals surface area (Å²) in [6, 6.07) is 17.8. The normalized spacial score (nSPS) is 12.6. The summed E-state index contributed by atoms with van der Waals surface area (Å²) in [4.78, 5) is 21.7. The van der Waals surface area contributed by atoms with Gasteiger partial charge in [0.15, 0.2) is 0 Å². The van der Waals surface area contributed by atoms with Gasteiger partial charge >= 0.3 is 20.8 Å². The lowest BCUT2D eigenvalue weighted by atomic mass is 10.1. The van der Waals surface area contributed by atoms with E-state index in [4.69, 9.17) is 50.7 Å². The first-order chi connectivity index (χ1) is 19.1. The molecule has 41 heavy (non-hydrogen) atoms. The van der Waals surface area contributed by atoms with Crippen LogP contribution in [0, 0.1) is 6.92 Å². The molecule has 0 saturated carbocycles. The number of nitrogens with zero attached hydrogens (tertiary/aromatic N) is 3. The van der Waals surface area contributed by atoms with Gasteiger partial charge in [-0.2, -0.15) is 26.8 Å². The van der Waals surface area contributed by atoms with E-state index in [2.05, 4.69) is 22.8 Å². The van der Waals surface area contributed by atoms with E-state index in [9.17, 15) is 4.79 Å². The van der Waals surface area contributed by atoms with E-state index in [1.807, 2.05) is 47.9 Å². The van der Waals surface area contributed by atoms with Crippen molar-refractivity contribution in [1.29, 1.82) is 0 Å². The predicted molar refractivity (Wildman–Crippen MR) is 151 cm³/mol. The molecule has 0 aliphatic carbocycles. The summed E-state index contributed by atoms with van der Waals surface area (Å²) in [7, 11) is -9.33. The quantitative estimate of drug-likeness (QED) is 0.161. The highest BCUT2D eigenvalue weighted by atomic mass is 32.3. The number of nitrogens with one attached hydrogen (secondary N) is 2. The Morgan fingerprint density at radius 1 is 1.00 bits per heavy atom. The Morgan fingerprint density at radius 2 is 1.63 bits per heavy atom. The average Bonchev–Trinajstić information content (AvgIpc) is 3.21. The van der Waals surface area contributed by atoms with E-state index < -0.39 is 26.7 Å². The number of hydrogen-bond donors (Lipinski definition) is 7. The van der Waals surface area contributed by atoms with Crippen molar-refractivity contribution in [2.75, 3.05) is 17.2 Å². The average molecular weight is 609 g/mol. The largest absolute Gasteiger partial charge is 0.394 e. The first-order valence-electron chi connectivity index (χ1n) is 11.9. The zero-order valence-electron chi connectivity index (χ0n) is 21.6. The van der Waals surface area contributed by atoms with Crippen LogP contribution < -0.4 is 16.4 Å². The van der Waals surface area contributed by atoms with E-state index >= 15 is 0 Å². The van der Waals surface area contributed by atoms with Crippen molar-refractivity contribution in [2.45, 2.75) is 26.3 Å². The molecule has 0 fully saturated rings. The molecular formula is C24H28N6O9S2. The second kappa shape index (κ2) is 13.0. The summed E-state index contributed by atoms with van der Waals surface area (Å²) >= 11 is 0. The number of carbonyl (C=O) groups excluding carboxylic acids is 1. The molecule has 0 atom stereocenters. The molecule has 15 nitrogen and oxygen atoms in total. The van der Waals surface area contributed by atoms with Gasteiger partial charge in [0.1, 0.15) is 11.6 Å². The van der Waals surface area contributed by atoms with Crippen molar-refractivity contribution in [3.8, 4) is 5.95 Å². The van der Waals surface area contributed by atoms with Crippen LogP contribution in [0.15, 0.2) is 54.6 Å². The zero-order chi connectivity index (χ0) is 30.4. The molecule has 8 N–H and O–H groups in total. The van der Waals surface area contributed by atoms with Gasteiger partial charge in [0.05, 0.1) is 5.52 Å². The van der Waals surface area contributed by atoms with Gasteiger partial charge in [-0.3, -0.25) is 27.6 Å². The van der Waals surface area contributed by atoms with Gasteiger partial charge in [-0.15, -0.1) is 0 Å². The summed E-state index contributed by atoms with van der Waals surface area (Å²) in [6.45, 7) is 3.55. The molecule has 220 valence electrons. The van der Waals surface area contributed by atoms with Gasteiger partial charge in [0.2, 0.25) is 11.9 Å². The Bertz CT molecular complexity index is 1710.